The molecule has 1 N–H and O–H groups in total. The molecule has 1 amide bonds. The predicted octanol–water partition coefficient (Wildman–Crippen LogP) is 1.56. The molecule has 0 aromatic carbocycles. The minimum absolute atomic E-state index is 0.124. The van der Waals surface area contributed by atoms with Crippen LogP contribution in [0.2, 0.25) is 0 Å². The first-order valence-electron chi connectivity index (χ1n) is 8.49. The minimum Gasteiger partial charge on any atom is -0.479 e. The Hall–Kier alpha value is -3.16. The third-order valence-electron chi connectivity index (χ3n) is 5.13. The van der Waals surface area contributed by atoms with Gasteiger partial charge in [-0.25, -0.2) is 9.78 Å². The molecule has 0 saturated carbocycles. The molecule has 4 rings (SSSR count). The van der Waals surface area contributed by atoms with E-state index in [9.17, 15) is 14.7 Å². The fraction of sp³-hybridized carbons (Fsp3) is 0.333. The standard InChI is InChI=1S/C18H19N5O3/c1-13-15(22-9-3-2-5-14(22)20-13)16(24)21-11-6-18(7-12-21,17(25)26)23-10-4-8-19-23/h2-5,8-10H,6-7,11-12H2,1H3,(H,25,26). The third-order valence-corrected chi connectivity index (χ3v) is 5.13. The van der Waals surface area contributed by atoms with E-state index in [0.717, 1.165) is 5.65 Å². The van der Waals surface area contributed by atoms with Crippen molar-refractivity contribution in [2.45, 2.75) is 25.3 Å². The number of aliphatic carboxylic acids is 1. The van der Waals surface area contributed by atoms with Crippen LogP contribution < -0.4 is 0 Å². The fourth-order valence-corrected chi connectivity index (χ4v) is 3.66. The fourth-order valence-electron chi connectivity index (χ4n) is 3.66. The Morgan fingerprint density at radius 2 is 1.92 bits per heavy atom. The number of fused-ring (bicyclic) bond motifs is 1. The van der Waals surface area contributed by atoms with Crippen LogP contribution in [-0.4, -0.2) is 54.1 Å². The molecule has 0 unspecified atom stereocenters. The normalized spacial score (nSPS) is 16.7. The lowest BCUT2D eigenvalue weighted by Crippen LogP contribution is -2.52. The second kappa shape index (κ2) is 5.98. The van der Waals surface area contributed by atoms with Gasteiger partial charge in [-0.15, -0.1) is 0 Å². The number of amides is 1. The van der Waals surface area contributed by atoms with Gasteiger partial charge in [0.15, 0.2) is 5.54 Å². The summed E-state index contributed by atoms with van der Waals surface area (Å²) in [7, 11) is 0. The van der Waals surface area contributed by atoms with Crippen molar-refractivity contribution in [2.24, 2.45) is 0 Å². The van der Waals surface area contributed by atoms with Gasteiger partial charge in [-0.1, -0.05) is 6.07 Å². The quantitative estimate of drug-likeness (QED) is 0.771. The predicted molar refractivity (Wildman–Crippen MR) is 92.9 cm³/mol. The lowest BCUT2D eigenvalue weighted by Gasteiger charge is -2.38. The lowest BCUT2D eigenvalue weighted by atomic mass is 9.87. The number of piperidine rings is 1. The number of rotatable bonds is 3. The molecule has 3 aromatic heterocycles. The first-order valence-corrected chi connectivity index (χ1v) is 8.49. The Labute approximate surface area is 149 Å². The maximum absolute atomic E-state index is 13.1. The molecule has 0 atom stereocenters. The van der Waals surface area contributed by atoms with Crippen LogP contribution in [0.5, 0.6) is 0 Å². The van der Waals surface area contributed by atoms with Crippen LogP contribution in [0.25, 0.3) is 5.65 Å². The number of likely N-dealkylation sites (tertiary alicyclic amines) is 1. The number of carbonyl (C=O) groups excluding carboxylic acids is 1. The molecule has 26 heavy (non-hydrogen) atoms. The Morgan fingerprint density at radius 3 is 2.58 bits per heavy atom. The first-order chi connectivity index (χ1) is 12.5. The number of imidazole rings is 1. The van der Waals surface area contributed by atoms with Gasteiger partial charge >= 0.3 is 5.97 Å². The van der Waals surface area contributed by atoms with Crippen molar-refractivity contribution in [3.8, 4) is 0 Å². The highest BCUT2D eigenvalue weighted by molar-refractivity contribution is 5.95. The summed E-state index contributed by atoms with van der Waals surface area (Å²) in [6.45, 7) is 2.52. The van der Waals surface area contributed by atoms with E-state index in [2.05, 4.69) is 10.1 Å². The lowest BCUT2D eigenvalue weighted by molar-refractivity contribution is -0.150. The van der Waals surface area contributed by atoms with Crippen LogP contribution in [0.3, 0.4) is 0 Å². The van der Waals surface area contributed by atoms with E-state index in [-0.39, 0.29) is 5.91 Å². The van der Waals surface area contributed by atoms with Crippen molar-refractivity contribution in [2.75, 3.05) is 13.1 Å². The number of hydrogen-bond donors (Lipinski definition) is 1. The maximum atomic E-state index is 13.1. The number of nitrogens with zero attached hydrogens (tertiary/aromatic N) is 5. The van der Waals surface area contributed by atoms with Gasteiger partial charge in [0.1, 0.15) is 11.3 Å². The summed E-state index contributed by atoms with van der Waals surface area (Å²) in [6, 6.07) is 7.30. The van der Waals surface area contributed by atoms with Gasteiger partial charge in [-0.05, 0) is 25.1 Å². The highest BCUT2D eigenvalue weighted by Gasteiger charge is 2.45. The van der Waals surface area contributed by atoms with Gasteiger partial charge in [0.05, 0.1) is 5.69 Å². The molecule has 0 bridgehead atoms. The maximum Gasteiger partial charge on any atom is 0.331 e. The number of aryl methyl sites for hydroxylation is 1. The van der Waals surface area contributed by atoms with E-state index in [1.807, 2.05) is 31.3 Å². The van der Waals surface area contributed by atoms with Crippen LogP contribution in [0, 0.1) is 6.92 Å². The van der Waals surface area contributed by atoms with Crippen molar-refractivity contribution < 1.29 is 14.7 Å². The molecule has 1 saturated heterocycles. The monoisotopic (exact) mass is 353 g/mol. The SMILES string of the molecule is Cc1nc2ccccn2c1C(=O)N1CCC(C(=O)O)(n2cccn2)CC1. The summed E-state index contributed by atoms with van der Waals surface area (Å²) in [4.78, 5) is 31.1. The van der Waals surface area contributed by atoms with Gasteiger partial charge in [0.25, 0.3) is 5.91 Å². The van der Waals surface area contributed by atoms with Crippen LogP contribution >= 0.6 is 0 Å². The third kappa shape index (κ3) is 2.37. The van der Waals surface area contributed by atoms with Gasteiger partial charge in [0.2, 0.25) is 0 Å². The van der Waals surface area contributed by atoms with Crippen molar-refractivity contribution in [3.05, 3.63) is 54.2 Å². The van der Waals surface area contributed by atoms with Gasteiger partial charge < -0.3 is 10.0 Å². The molecule has 8 nitrogen and oxygen atoms in total. The summed E-state index contributed by atoms with van der Waals surface area (Å²) in [5.74, 6) is -1.04. The number of pyridine rings is 1. The second-order valence-corrected chi connectivity index (χ2v) is 6.55. The van der Waals surface area contributed by atoms with E-state index in [0.29, 0.717) is 37.3 Å². The number of hydrogen-bond acceptors (Lipinski definition) is 4. The van der Waals surface area contributed by atoms with Crippen molar-refractivity contribution in [1.29, 1.82) is 0 Å². The largest absolute Gasteiger partial charge is 0.479 e. The highest BCUT2D eigenvalue weighted by Crippen LogP contribution is 2.31. The molecule has 1 fully saturated rings. The molecule has 8 heteroatoms. The van der Waals surface area contributed by atoms with E-state index in [1.165, 1.54) is 4.68 Å². The first kappa shape index (κ1) is 16.3. The zero-order valence-electron chi connectivity index (χ0n) is 14.4. The number of carboxylic acid groups (broad SMARTS) is 1. The molecule has 4 heterocycles. The second-order valence-electron chi connectivity index (χ2n) is 6.55. The summed E-state index contributed by atoms with van der Waals surface area (Å²) in [5.41, 5.74) is 0.821. The Balaban J connectivity index is 1.60. The summed E-state index contributed by atoms with van der Waals surface area (Å²) >= 11 is 0. The minimum atomic E-state index is -1.10. The van der Waals surface area contributed by atoms with Gasteiger partial charge in [-0.3, -0.25) is 13.9 Å². The zero-order valence-corrected chi connectivity index (χ0v) is 14.4. The smallest absolute Gasteiger partial charge is 0.331 e. The van der Waals surface area contributed by atoms with E-state index >= 15 is 0 Å². The van der Waals surface area contributed by atoms with Gasteiger partial charge in [0, 0.05) is 44.5 Å². The van der Waals surface area contributed by atoms with Crippen molar-refractivity contribution >= 4 is 17.5 Å². The number of carbonyl (C=O) groups is 2. The summed E-state index contributed by atoms with van der Waals surface area (Å²) in [5, 5.41) is 13.9. The Bertz CT molecular complexity index is 968. The summed E-state index contributed by atoms with van der Waals surface area (Å²) in [6.07, 6.45) is 5.68. The molecule has 134 valence electrons. The van der Waals surface area contributed by atoms with E-state index in [4.69, 9.17) is 0 Å². The van der Waals surface area contributed by atoms with E-state index in [1.54, 1.807) is 27.8 Å². The molecule has 0 spiro atoms. The molecule has 0 aliphatic carbocycles. The van der Waals surface area contributed by atoms with Crippen molar-refractivity contribution in [3.63, 3.8) is 0 Å². The molecule has 1 aliphatic rings. The van der Waals surface area contributed by atoms with E-state index < -0.39 is 11.5 Å². The summed E-state index contributed by atoms with van der Waals surface area (Å²) < 4.78 is 3.28. The Morgan fingerprint density at radius 1 is 1.15 bits per heavy atom. The zero-order chi connectivity index (χ0) is 18.3. The van der Waals surface area contributed by atoms with Crippen molar-refractivity contribution in [1.82, 2.24) is 24.1 Å². The molecular weight excluding hydrogens is 334 g/mol. The highest BCUT2D eigenvalue weighted by atomic mass is 16.4. The Kier molecular flexibility index (Phi) is 3.75. The topological polar surface area (TPSA) is 92.7 Å². The van der Waals surface area contributed by atoms with Gasteiger partial charge in [-0.2, -0.15) is 5.10 Å². The van der Waals surface area contributed by atoms with Crippen LogP contribution in [0.1, 0.15) is 29.0 Å². The van der Waals surface area contributed by atoms with Crippen LogP contribution in [-0.2, 0) is 10.3 Å². The average molecular weight is 353 g/mol. The van der Waals surface area contributed by atoms with Crippen LogP contribution in [0.15, 0.2) is 42.9 Å². The average Bonchev–Trinajstić information content (AvgIpc) is 3.28. The number of aromatic nitrogens is 4. The molecule has 3 aromatic rings. The molecular formula is C18H19N5O3. The van der Waals surface area contributed by atoms with Crippen LogP contribution in [0.4, 0.5) is 0 Å². The molecule has 0 radical (unpaired) electrons. The molecule has 1 aliphatic heterocycles. The number of carboxylic acids is 1.